The summed E-state index contributed by atoms with van der Waals surface area (Å²) >= 11 is 5.53. The van der Waals surface area contributed by atoms with E-state index < -0.39 is 12.0 Å². The summed E-state index contributed by atoms with van der Waals surface area (Å²) in [6.45, 7) is 0.108. The van der Waals surface area contributed by atoms with E-state index in [-0.39, 0.29) is 23.3 Å². The van der Waals surface area contributed by atoms with Crippen molar-refractivity contribution >= 4 is 17.4 Å². The lowest BCUT2D eigenvalue weighted by molar-refractivity contribution is -0.144. The minimum absolute atomic E-state index is 0.0381. The smallest absolute Gasteiger partial charge is 0.451 e. The normalized spacial score (nSPS) is 11.4. The molecule has 4 nitrogen and oxygen atoms in total. The maximum absolute atomic E-state index is 12.5. The Morgan fingerprint density at radius 2 is 1.90 bits per heavy atom. The molecule has 20 heavy (non-hydrogen) atoms. The van der Waals surface area contributed by atoms with E-state index in [1.165, 1.54) is 12.1 Å². The van der Waals surface area contributed by atoms with Crippen LogP contribution in [0.1, 0.15) is 11.4 Å². The maximum atomic E-state index is 12.5. The van der Waals surface area contributed by atoms with E-state index in [9.17, 15) is 18.3 Å². The molecule has 0 aliphatic heterocycles. The van der Waals surface area contributed by atoms with Crippen molar-refractivity contribution in [2.45, 2.75) is 12.7 Å². The van der Waals surface area contributed by atoms with Crippen LogP contribution in [0, 0.1) is 0 Å². The van der Waals surface area contributed by atoms with Gasteiger partial charge in [0.25, 0.3) is 0 Å². The van der Waals surface area contributed by atoms with Crippen molar-refractivity contribution in [1.82, 2.24) is 9.97 Å². The summed E-state index contributed by atoms with van der Waals surface area (Å²) in [7, 11) is 0. The van der Waals surface area contributed by atoms with Gasteiger partial charge in [0.1, 0.15) is 16.7 Å². The van der Waals surface area contributed by atoms with Crippen LogP contribution in [-0.4, -0.2) is 15.1 Å². The molecular formula is C12H9ClF3N3O. The average molecular weight is 304 g/mol. The molecule has 2 aromatic rings. The van der Waals surface area contributed by atoms with Gasteiger partial charge in [-0.05, 0) is 6.07 Å². The number of halogens is 4. The first-order chi connectivity index (χ1) is 9.36. The number of benzene rings is 1. The van der Waals surface area contributed by atoms with Crippen LogP contribution in [-0.2, 0) is 12.7 Å². The van der Waals surface area contributed by atoms with Crippen LogP contribution in [0.4, 0.5) is 19.0 Å². The Morgan fingerprint density at radius 3 is 2.55 bits per heavy atom. The minimum atomic E-state index is -4.67. The first kappa shape index (κ1) is 14.4. The van der Waals surface area contributed by atoms with Gasteiger partial charge in [-0.3, -0.25) is 0 Å². The molecule has 0 spiro atoms. The third kappa shape index (κ3) is 3.51. The van der Waals surface area contributed by atoms with Crippen molar-refractivity contribution in [2.24, 2.45) is 0 Å². The molecule has 0 atom stereocenters. The van der Waals surface area contributed by atoms with Crippen LogP contribution >= 0.6 is 11.6 Å². The summed E-state index contributed by atoms with van der Waals surface area (Å²) < 4.78 is 37.6. The molecule has 1 aromatic heterocycles. The van der Waals surface area contributed by atoms with Gasteiger partial charge in [0.05, 0.1) is 0 Å². The number of para-hydroxylation sites is 1. The van der Waals surface area contributed by atoms with E-state index in [1.807, 2.05) is 0 Å². The highest BCUT2D eigenvalue weighted by Crippen LogP contribution is 2.28. The van der Waals surface area contributed by atoms with Crippen LogP contribution in [0.25, 0.3) is 0 Å². The lowest BCUT2D eigenvalue weighted by Gasteiger charge is -2.10. The van der Waals surface area contributed by atoms with Crippen molar-refractivity contribution in [2.75, 3.05) is 5.32 Å². The van der Waals surface area contributed by atoms with Crippen molar-refractivity contribution in [1.29, 1.82) is 0 Å². The Morgan fingerprint density at radius 1 is 1.20 bits per heavy atom. The molecule has 0 saturated heterocycles. The molecule has 0 amide bonds. The highest BCUT2D eigenvalue weighted by atomic mass is 35.5. The number of aromatic hydroxyl groups is 1. The zero-order valence-corrected chi connectivity index (χ0v) is 10.7. The van der Waals surface area contributed by atoms with Crippen LogP contribution in [0.3, 0.4) is 0 Å². The lowest BCUT2D eigenvalue weighted by atomic mass is 10.2. The molecule has 0 radical (unpaired) electrons. The maximum Gasteiger partial charge on any atom is 0.451 e. The lowest BCUT2D eigenvalue weighted by Crippen LogP contribution is -2.13. The van der Waals surface area contributed by atoms with Crippen molar-refractivity contribution in [3.05, 3.63) is 46.9 Å². The van der Waals surface area contributed by atoms with Gasteiger partial charge in [0, 0.05) is 18.2 Å². The van der Waals surface area contributed by atoms with Crippen molar-refractivity contribution in [3.8, 4) is 5.75 Å². The Kier molecular flexibility index (Phi) is 3.99. The van der Waals surface area contributed by atoms with E-state index in [2.05, 4.69) is 15.3 Å². The van der Waals surface area contributed by atoms with E-state index in [1.54, 1.807) is 18.2 Å². The summed E-state index contributed by atoms with van der Waals surface area (Å²) in [4.78, 5) is 6.45. The molecular weight excluding hydrogens is 295 g/mol. The first-order valence-corrected chi connectivity index (χ1v) is 5.86. The number of phenolic OH excluding ortho intramolecular Hbond substituents is 1. The highest BCUT2D eigenvalue weighted by molar-refractivity contribution is 6.29. The third-order valence-corrected chi connectivity index (χ3v) is 2.59. The number of nitrogens with one attached hydrogen (secondary N) is 1. The van der Waals surface area contributed by atoms with Crippen molar-refractivity contribution < 1.29 is 18.3 Å². The first-order valence-electron chi connectivity index (χ1n) is 5.49. The largest absolute Gasteiger partial charge is 0.508 e. The van der Waals surface area contributed by atoms with Gasteiger partial charge in [0.15, 0.2) is 0 Å². The predicted molar refractivity (Wildman–Crippen MR) is 67.5 cm³/mol. The fourth-order valence-electron chi connectivity index (χ4n) is 1.48. The topological polar surface area (TPSA) is 58.0 Å². The second-order valence-corrected chi connectivity index (χ2v) is 4.27. The van der Waals surface area contributed by atoms with Gasteiger partial charge in [-0.1, -0.05) is 29.8 Å². The number of hydrogen-bond acceptors (Lipinski definition) is 4. The summed E-state index contributed by atoms with van der Waals surface area (Å²) in [6.07, 6.45) is -4.67. The molecule has 8 heteroatoms. The van der Waals surface area contributed by atoms with E-state index in [0.717, 1.165) is 0 Å². The number of alkyl halides is 3. The van der Waals surface area contributed by atoms with Gasteiger partial charge in [-0.2, -0.15) is 13.2 Å². The molecule has 0 bridgehead atoms. The molecule has 0 unspecified atom stereocenters. The Bertz CT molecular complexity index is 619. The van der Waals surface area contributed by atoms with Gasteiger partial charge in [0.2, 0.25) is 5.82 Å². The Hall–Kier alpha value is -2.02. The molecule has 106 valence electrons. The summed E-state index contributed by atoms with van der Waals surface area (Å²) in [5.74, 6) is -1.35. The quantitative estimate of drug-likeness (QED) is 0.853. The molecule has 2 N–H and O–H groups in total. The minimum Gasteiger partial charge on any atom is -0.508 e. The van der Waals surface area contributed by atoms with Crippen LogP contribution in [0.5, 0.6) is 5.75 Å². The summed E-state index contributed by atoms with van der Waals surface area (Å²) in [5.41, 5.74) is 0.524. The second kappa shape index (κ2) is 5.54. The highest BCUT2D eigenvalue weighted by Gasteiger charge is 2.35. The molecule has 1 heterocycles. The summed E-state index contributed by atoms with van der Waals surface area (Å²) in [6, 6.07) is 7.63. The summed E-state index contributed by atoms with van der Waals surface area (Å²) in [5, 5.41) is 11.9. The molecule has 1 aromatic carbocycles. The van der Waals surface area contributed by atoms with Gasteiger partial charge < -0.3 is 10.4 Å². The number of anilines is 1. The van der Waals surface area contributed by atoms with E-state index in [0.29, 0.717) is 5.56 Å². The molecule has 2 rings (SSSR count). The monoisotopic (exact) mass is 303 g/mol. The standard InChI is InChI=1S/C12H9ClF3N3O/c13-9-5-10(19-11(18-9)12(14,15)16)17-6-7-3-1-2-4-8(7)20/h1-5,20H,6H2,(H,17,18,19). The number of rotatable bonds is 3. The van der Waals surface area contributed by atoms with E-state index in [4.69, 9.17) is 11.6 Å². The second-order valence-electron chi connectivity index (χ2n) is 3.88. The van der Waals surface area contributed by atoms with Crippen LogP contribution < -0.4 is 5.32 Å². The van der Waals surface area contributed by atoms with Gasteiger partial charge in [-0.25, -0.2) is 9.97 Å². The predicted octanol–water partition coefficient (Wildman–Crippen LogP) is 3.47. The zero-order valence-electron chi connectivity index (χ0n) is 9.95. The zero-order chi connectivity index (χ0) is 14.8. The fourth-order valence-corrected chi connectivity index (χ4v) is 1.66. The number of nitrogens with zero attached hydrogens (tertiary/aromatic N) is 2. The SMILES string of the molecule is Oc1ccccc1CNc1cc(Cl)nc(C(F)(F)F)n1. The van der Waals surface area contributed by atoms with Crippen LogP contribution in [0.2, 0.25) is 5.15 Å². The van der Waals surface area contributed by atoms with E-state index >= 15 is 0 Å². The Balaban J connectivity index is 2.18. The molecule has 0 saturated carbocycles. The van der Waals surface area contributed by atoms with Crippen LogP contribution in [0.15, 0.2) is 30.3 Å². The molecule has 0 aliphatic rings. The fraction of sp³-hybridized carbons (Fsp3) is 0.167. The molecule has 0 aliphatic carbocycles. The Labute approximate surface area is 117 Å². The average Bonchev–Trinajstić information content (AvgIpc) is 2.36. The number of phenols is 1. The molecule has 0 fully saturated rings. The van der Waals surface area contributed by atoms with Crippen molar-refractivity contribution in [3.63, 3.8) is 0 Å². The number of aromatic nitrogens is 2. The van der Waals surface area contributed by atoms with Gasteiger partial charge in [-0.15, -0.1) is 0 Å². The van der Waals surface area contributed by atoms with Gasteiger partial charge >= 0.3 is 6.18 Å². The number of hydrogen-bond donors (Lipinski definition) is 2. The third-order valence-electron chi connectivity index (χ3n) is 2.40.